The molecule has 4 nitrogen and oxygen atoms in total. The van der Waals surface area contributed by atoms with E-state index in [0.29, 0.717) is 0 Å². The number of hydrogen-bond acceptors (Lipinski definition) is 3. The van der Waals surface area contributed by atoms with Crippen molar-refractivity contribution >= 4 is 24.9 Å². The van der Waals surface area contributed by atoms with Gasteiger partial charge < -0.3 is 14.7 Å². The highest BCUT2D eigenvalue weighted by Gasteiger charge is 2.36. The van der Waals surface area contributed by atoms with Gasteiger partial charge in [0.1, 0.15) is 0 Å². The Kier molecular flexibility index (Phi) is 3.93. The monoisotopic (exact) mass is 291 g/mol. The Bertz CT molecular complexity index is 599. The molecule has 0 aliphatic rings. The zero-order valence-corrected chi connectivity index (χ0v) is 14.1. The average Bonchev–Trinajstić information content (AvgIpc) is 2.72. The summed E-state index contributed by atoms with van der Waals surface area (Å²) in [5, 5.41) is 1.33. The fraction of sp³-hybridized carbons (Fsp3) is 0.533. The molecule has 2 aromatic heterocycles. The van der Waals surface area contributed by atoms with Crippen LogP contribution in [0.25, 0.3) is 10.9 Å². The second-order valence-corrected chi connectivity index (χ2v) is 11.6. The normalized spacial score (nSPS) is 13.1. The molecule has 0 atom stereocenters. The minimum atomic E-state index is -1.68. The Hall–Kier alpha value is -1.33. The molecule has 0 spiro atoms. The lowest BCUT2D eigenvalue weighted by Crippen LogP contribution is -2.41. The van der Waals surface area contributed by atoms with Gasteiger partial charge in [-0.15, -0.1) is 0 Å². The van der Waals surface area contributed by atoms with Crippen LogP contribution in [-0.2, 0) is 11.0 Å². The Morgan fingerprint density at radius 3 is 2.65 bits per heavy atom. The molecule has 0 unspecified atom stereocenters. The highest BCUT2D eigenvalue weighted by atomic mass is 28.4. The number of anilines is 1. The summed E-state index contributed by atoms with van der Waals surface area (Å²) in [6, 6.07) is 2.05. The molecule has 0 radical (unpaired) electrons. The van der Waals surface area contributed by atoms with Crippen LogP contribution in [0.3, 0.4) is 0 Å². The maximum Gasteiger partial charge on any atom is 0.192 e. The Morgan fingerprint density at radius 1 is 1.30 bits per heavy atom. The maximum atomic E-state index is 6.22. The number of hydrogen-bond donors (Lipinski definition) is 1. The van der Waals surface area contributed by atoms with Gasteiger partial charge in [-0.1, -0.05) is 20.8 Å². The van der Waals surface area contributed by atoms with Crippen molar-refractivity contribution in [2.24, 2.45) is 0 Å². The van der Waals surface area contributed by atoms with Crippen molar-refractivity contribution in [2.45, 2.75) is 45.4 Å². The van der Waals surface area contributed by atoms with Crippen LogP contribution in [0.2, 0.25) is 18.1 Å². The summed E-state index contributed by atoms with van der Waals surface area (Å²) in [6.07, 6.45) is 5.60. The molecular weight excluding hydrogens is 266 g/mol. The summed E-state index contributed by atoms with van der Waals surface area (Å²) in [7, 11) is -1.68. The fourth-order valence-electron chi connectivity index (χ4n) is 1.99. The summed E-state index contributed by atoms with van der Waals surface area (Å²) >= 11 is 0. The van der Waals surface area contributed by atoms with E-state index in [2.05, 4.69) is 49.6 Å². The molecule has 0 aliphatic heterocycles. The van der Waals surface area contributed by atoms with Gasteiger partial charge in [-0.05, 0) is 24.2 Å². The molecule has 20 heavy (non-hydrogen) atoms. The van der Waals surface area contributed by atoms with Crippen LogP contribution in [0, 0.1) is 0 Å². The molecule has 2 rings (SSSR count). The van der Waals surface area contributed by atoms with Gasteiger partial charge in [0.05, 0.1) is 24.0 Å². The molecule has 0 saturated carbocycles. The van der Waals surface area contributed by atoms with Crippen molar-refractivity contribution in [2.75, 3.05) is 12.3 Å². The standard InChI is InChI=1S/C15H25N3OSi/c1-15(2,3)20(4,5)19-9-8-18-7-6-12-10-17-11-13(16)14(12)18/h6-7,10-11H,8-9,16H2,1-5H3. The first-order valence-corrected chi connectivity index (χ1v) is 9.95. The smallest absolute Gasteiger partial charge is 0.192 e. The third-order valence-corrected chi connectivity index (χ3v) is 8.83. The summed E-state index contributed by atoms with van der Waals surface area (Å²) in [5.74, 6) is 0. The summed E-state index contributed by atoms with van der Waals surface area (Å²) in [4.78, 5) is 4.11. The van der Waals surface area contributed by atoms with Crippen molar-refractivity contribution in [1.29, 1.82) is 0 Å². The van der Waals surface area contributed by atoms with Crippen molar-refractivity contribution in [3.05, 3.63) is 24.7 Å². The van der Waals surface area contributed by atoms with Crippen molar-refractivity contribution in [1.82, 2.24) is 9.55 Å². The highest BCUT2D eigenvalue weighted by Crippen LogP contribution is 2.36. The predicted molar refractivity (Wildman–Crippen MR) is 87.3 cm³/mol. The highest BCUT2D eigenvalue weighted by molar-refractivity contribution is 6.74. The first kappa shape index (κ1) is 15.1. The summed E-state index contributed by atoms with van der Waals surface area (Å²) < 4.78 is 8.37. The molecule has 2 heterocycles. The number of fused-ring (bicyclic) bond motifs is 1. The van der Waals surface area contributed by atoms with Crippen molar-refractivity contribution in [3.8, 4) is 0 Å². The number of nitrogens with zero attached hydrogens (tertiary/aromatic N) is 2. The van der Waals surface area contributed by atoms with Crippen LogP contribution in [-0.4, -0.2) is 24.5 Å². The molecule has 110 valence electrons. The van der Waals surface area contributed by atoms with E-state index in [0.717, 1.165) is 29.7 Å². The van der Waals surface area contributed by atoms with Crippen molar-refractivity contribution < 1.29 is 4.43 Å². The summed E-state index contributed by atoms with van der Waals surface area (Å²) in [6.45, 7) is 12.9. The van der Waals surface area contributed by atoms with Crippen LogP contribution in [0.5, 0.6) is 0 Å². The second kappa shape index (κ2) is 5.22. The van der Waals surface area contributed by atoms with Crippen LogP contribution in [0.15, 0.2) is 24.7 Å². The molecule has 5 heteroatoms. The van der Waals surface area contributed by atoms with Gasteiger partial charge in [0.2, 0.25) is 0 Å². The van der Waals surface area contributed by atoms with Crippen LogP contribution >= 0.6 is 0 Å². The molecular formula is C15H25N3OSi. The van der Waals surface area contributed by atoms with Gasteiger partial charge >= 0.3 is 0 Å². The number of nitrogens with two attached hydrogens (primary N) is 1. The number of nitrogen functional groups attached to an aromatic ring is 1. The SMILES string of the molecule is CC(C)(C)[Si](C)(C)OCCn1ccc2cncc(N)c21. The average molecular weight is 291 g/mol. The molecule has 0 amide bonds. The van der Waals surface area contributed by atoms with E-state index in [-0.39, 0.29) is 5.04 Å². The second-order valence-electron chi connectivity index (χ2n) is 6.78. The van der Waals surface area contributed by atoms with Crippen LogP contribution in [0.1, 0.15) is 20.8 Å². The Morgan fingerprint density at radius 2 is 2.00 bits per heavy atom. The van der Waals surface area contributed by atoms with E-state index in [1.165, 1.54) is 0 Å². The minimum Gasteiger partial charge on any atom is -0.415 e. The zero-order valence-electron chi connectivity index (χ0n) is 13.1. The number of rotatable bonds is 4. The largest absolute Gasteiger partial charge is 0.415 e. The van der Waals surface area contributed by atoms with E-state index in [1.807, 2.05) is 12.3 Å². The Labute approximate surface area is 122 Å². The molecule has 2 aromatic rings. The first-order valence-electron chi connectivity index (χ1n) is 7.05. The molecule has 0 aliphatic carbocycles. The fourth-order valence-corrected chi connectivity index (χ4v) is 3.02. The number of pyridine rings is 1. The lowest BCUT2D eigenvalue weighted by Gasteiger charge is -2.36. The van der Waals surface area contributed by atoms with Gasteiger partial charge in [-0.25, -0.2) is 0 Å². The molecule has 0 bridgehead atoms. The van der Waals surface area contributed by atoms with E-state index < -0.39 is 8.32 Å². The molecule has 0 aromatic carbocycles. The number of aromatic nitrogens is 2. The molecule has 0 fully saturated rings. The van der Waals surface area contributed by atoms with Crippen molar-refractivity contribution in [3.63, 3.8) is 0 Å². The van der Waals surface area contributed by atoms with E-state index in [4.69, 9.17) is 10.2 Å². The van der Waals surface area contributed by atoms with E-state index >= 15 is 0 Å². The van der Waals surface area contributed by atoms with E-state index in [1.54, 1.807) is 6.20 Å². The van der Waals surface area contributed by atoms with Crippen LogP contribution in [0.4, 0.5) is 5.69 Å². The van der Waals surface area contributed by atoms with Gasteiger partial charge in [-0.3, -0.25) is 4.98 Å². The first-order chi connectivity index (χ1) is 9.22. The zero-order chi connectivity index (χ0) is 15.0. The Balaban J connectivity index is 2.08. The summed E-state index contributed by atoms with van der Waals surface area (Å²) in [5.41, 5.74) is 7.79. The third-order valence-electron chi connectivity index (χ3n) is 4.30. The van der Waals surface area contributed by atoms with Gasteiger partial charge in [0.25, 0.3) is 0 Å². The van der Waals surface area contributed by atoms with Gasteiger partial charge in [0.15, 0.2) is 8.32 Å². The van der Waals surface area contributed by atoms with Crippen LogP contribution < -0.4 is 5.73 Å². The van der Waals surface area contributed by atoms with E-state index in [9.17, 15) is 0 Å². The predicted octanol–water partition coefficient (Wildman–Crippen LogP) is 3.64. The quantitative estimate of drug-likeness (QED) is 0.875. The lowest BCUT2D eigenvalue weighted by molar-refractivity contribution is 0.273. The maximum absolute atomic E-state index is 6.22. The minimum absolute atomic E-state index is 0.245. The lowest BCUT2D eigenvalue weighted by atomic mass is 10.2. The molecule has 2 N–H and O–H groups in total. The third kappa shape index (κ3) is 2.88. The van der Waals surface area contributed by atoms with Gasteiger partial charge in [0, 0.05) is 24.3 Å². The molecule has 0 saturated heterocycles. The topological polar surface area (TPSA) is 53.1 Å². The van der Waals surface area contributed by atoms with Gasteiger partial charge in [-0.2, -0.15) is 0 Å².